The summed E-state index contributed by atoms with van der Waals surface area (Å²) >= 11 is 6.37. The third-order valence-electron chi connectivity index (χ3n) is 4.08. The van der Waals surface area contributed by atoms with E-state index in [9.17, 15) is 4.79 Å². The first-order chi connectivity index (χ1) is 10.6. The summed E-state index contributed by atoms with van der Waals surface area (Å²) in [5.41, 5.74) is 2.17. The number of carbonyl (C=O) groups is 1. The lowest BCUT2D eigenvalue weighted by molar-refractivity contribution is -0.135. The van der Waals surface area contributed by atoms with Gasteiger partial charge in [-0.25, -0.2) is 0 Å². The summed E-state index contributed by atoms with van der Waals surface area (Å²) < 4.78 is 6.67. The maximum absolute atomic E-state index is 11.9. The van der Waals surface area contributed by atoms with Gasteiger partial charge in [0.25, 0.3) is 0 Å². The molecule has 2 rings (SSSR count). The third kappa shape index (κ3) is 4.00. The van der Waals surface area contributed by atoms with Gasteiger partial charge >= 0.3 is 0 Å². The molecule has 0 N–H and O–H groups in total. The SMILES string of the molecule is CCc1nn(C)c(Cl)c1CN1CCCN(C(=O)COC)CC1. The van der Waals surface area contributed by atoms with Gasteiger partial charge in [-0.1, -0.05) is 18.5 Å². The van der Waals surface area contributed by atoms with Gasteiger partial charge in [0.15, 0.2) is 0 Å². The van der Waals surface area contributed by atoms with Gasteiger partial charge in [-0.05, 0) is 12.8 Å². The molecule has 0 spiro atoms. The fraction of sp³-hybridized carbons (Fsp3) is 0.733. The van der Waals surface area contributed by atoms with Gasteiger partial charge in [-0.15, -0.1) is 0 Å². The van der Waals surface area contributed by atoms with Crippen molar-refractivity contribution in [2.24, 2.45) is 7.05 Å². The molecule has 1 aliphatic rings. The number of ether oxygens (including phenoxy) is 1. The molecule has 1 aliphatic heterocycles. The zero-order valence-corrected chi connectivity index (χ0v) is 14.4. The van der Waals surface area contributed by atoms with Crippen LogP contribution >= 0.6 is 11.6 Å². The molecule has 0 aliphatic carbocycles. The summed E-state index contributed by atoms with van der Waals surface area (Å²) in [5, 5.41) is 5.18. The Morgan fingerprint density at radius 3 is 2.77 bits per heavy atom. The Hall–Kier alpha value is -1.11. The van der Waals surface area contributed by atoms with E-state index in [1.807, 2.05) is 11.9 Å². The maximum Gasteiger partial charge on any atom is 0.248 e. The van der Waals surface area contributed by atoms with Crippen LogP contribution < -0.4 is 0 Å². The van der Waals surface area contributed by atoms with Gasteiger partial charge in [0.05, 0.1) is 5.69 Å². The monoisotopic (exact) mass is 328 g/mol. The highest BCUT2D eigenvalue weighted by Crippen LogP contribution is 2.22. The van der Waals surface area contributed by atoms with Crippen LogP contribution in [0.25, 0.3) is 0 Å². The fourth-order valence-electron chi connectivity index (χ4n) is 2.86. The number of amides is 1. The van der Waals surface area contributed by atoms with Gasteiger partial charge in [-0.3, -0.25) is 14.4 Å². The topological polar surface area (TPSA) is 50.6 Å². The van der Waals surface area contributed by atoms with Crippen molar-refractivity contribution in [1.82, 2.24) is 19.6 Å². The molecule has 6 nitrogen and oxygen atoms in total. The fourth-order valence-corrected chi connectivity index (χ4v) is 3.06. The van der Waals surface area contributed by atoms with Crippen molar-refractivity contribution >= 4 is 17.5 Å². The number of methoxy groups -OCH3 is 1. The van der Waals surface area contributed by atoms with Crippen LogP contribution in [-0.2, 0) is 29.5 Å². The molecule has 0 atom stereocenters. The Kier molecular flexibility index (Phi) is 6.23. The molecule has 0 unspecified atom stereocenters. The lowest BCUT2D eigenvalue weighted by Crippen LogP contribution is -2.37. The Morgan fingerprint density at radius 1 is 1.32 bits per heavy atom. The minimum atomic E-state index is 0.0676. The summed E-state index contributed by atoms with van der Waals surface area (Å²) in [7, 11) is 3.43. The van der Waals surface area contributed by atoms with Crippen LogP contribution in [0.3, 0.4) is 0 Å². The molecule has 124 valence electrons. The largest absolute Gasteiger partial charge is 0.375 e. The van der Waals surface area contributed by atoms with E-state index in [0.29, 0.717) is 5.15 Å². The zero-order valence-electron chi connectivity index (χ0n) is 13.6. The smallest absolute Gasteiger partial charge is 0.248 e. The molecular weight excluding hydrogens is 304 g/mol. The average molecular weight is 329 g/mol. The Morgan fingerprint density at radius 2 is 2.09 bits per heavy atom. The molecule has 2 heterocycles. The number of carbonyl (C=O) groups excluding carboxylic acids is 1. The summed E-state index contributed by atoms with van der Waals surface area (Å²) in [6.07, 6.45) is 1.84. The maximum atomic E-state index is 11.9. The van der Waals surface area contributed by atoms with Crippen LogP contribution in [0.15, 0.2) is 0 Å². The van der Waals surface area contributed by atoms with Crippen molar-refractivity contribution < 1.29 is 9.53 Å². The predicted molar refractivity (Wildman–Crippen MR) is 85.9 cm³/mol. The number of nitrogens with zero attached hydrogens (tertiary/aromatic N) is 4. The van der Waals surface area contributed by atoms with Crippen LogP contribution in [0.1, 0.15) is 24.6 Å². The quantitative estimate of drug-likeness (QED) is 0.818. The van der Waals surface area contributed by atoms with Gasteiger partial charge in [0.2, 0.25) is 5.91 Å². The van der Waals surface area contributed by atoms with E-state index in [4.69, 9.17) is 16.3 Å². The van der Waals surface area contributed by atoms with E-state index < -0.39 is 0 Å². The molecule has 7 heteroatoms. The van der Waals surface area contributed by atoms with Crippen LogP contribution in [0.2, 0.25) is 5.15 Å². The van der Waals surface area contributed by atoms with E-state index >= 15 is 0 Å². The van der Waals surface area contributed by atoms with Crippen molar-refractivity contribution in [2.45, 2.75) is 26.3 Å². The Bertz CT molecular complexity index is 518. The van der Waals surface area contributed by atoms with Crippen molar-refractivity contribution in [2.75, 3.05) is 39.9 Å². The van der Waals surface area contributed by atoms with E-state index in [2.05, 4.69) is 16.9 Å². The number of hydrogen-bond donors (Lipinski definition) is 0. The molecule has 1 amide bonds. The van der Waals surface area contributed by atoms with Crippen LogP contribution in [0.5, 0.6) is 0 Å². The summed E-state index contributed by atoms with van der Waals surface area (Å²) in [4.78, 5) is 16.2. The van der Waals surface area contributed by atoms with Crippen LogP contribution in [-0.4, -0.2) is 65.4 Å². The van der Waals surface area contributed by atoms with Crippen molar-refractivity contribution in [3.8, 4) is 0 Å². The minimum Gasteiger partial charge on any atom is -0.375 e. The van der Waals surface area contributed by atoms with Crippen LogP contribution in [0.4, 0.5) is 0 Å². The minimum absolute atomic E-state index is 0.0676. The van der Waals surface area contributed by atoms with Crippen LogP contribution in [0, 0.1) is 0 Å². The van der Waals surface area contributed by atoms with Gasteiger partial charge < -0.3 is 9.64 Å². The molecule has 1 aromatic heterocycles. The number of hydrogen-bond acceptors (Lipinski definition) is 4. The third-order valence-corrected chi connectivity index (χ3v) is 4.55. The second-order valence-electron chi connectivity index (χ2n) is 5.64. The summed E-state index contributed by atoms with van der Waals surface area (Å²) in [6, 6.07) is 0. The molecule has 0 saturated carbocycles. The molecule has 0 bridgehead atoms. The van der Waals surface area contributed by atoms with Gasteiger partial charge in [0, 0.05) is 52.4 Å². The lowest BCUT2D eigenvalue weighted by Gasteiger charge is -2.22. The molecule has 1 aromatic rings. The van der Waals surface area contributed by atoms with Gasteiger partial charge in [0.1, 0.15) is 11.8 Å². The first kappa shape index (κ1) is 17.2. The Balaban J connectivity index is 1.99. The lowest BCUT2D eigenvalue weighted by atomic mass is 10.2. The summed E-state index contributed by atoms with van der Waals surface area (Å²) in [5.74, 6) is 0.0676. The second kappa shape index (κ2) is 7.94. The van der Waals surface area contributed by atoms with Crippen molar-refractivity contribution in [3.63, 3.8) is 0 Å². The molecule has 1 saturated heterocycles. The molecular formula is C15H25ClN4O2. The highest BCUT2D eigenvalue weighted by Gasteiger charge is 2.21. The number of aromatic nitrogens is 2. The number of rotatable bonds is 5. The number of aryl methyl sites for hydroxylation is 2. The first-order valence-electron chi connectivity index (χ1n) is 7.76. The highest BCUT2D eigenvalue weighted by atomic mass is 35.5. The number of halogens is 1. The zero-order chi connectivity index (χ0) is 16.1. The van der Waals surface area contributed by atoms with E-state index in [0.717, 1.165) is 56.8 Å². The molecule has 1 fully saturated rings. The normalized spacial score (nSPS) is 16.8. The highest BCUT2D eigenvalue weighted by molar-refractivity contribution is 6.30. The average Bonchev–Trinajstić information content (AvgIpc) is 2.69. The van der Waals surface area contributed by atoms with E-state index in [-0.39, 0.29) is 12.5 Å². The molecule has 22 heavy (non-hydrogen) atoms. The van der Waals surface area contributed by atoms with Gasteiger partial charge in [-0.2, -0.15) is 5.10 Å². The molecule has 0 aromatic carbocycles. The predicted octanol–water partition coefficient (Wildman–Crippen LogP) is 1.32. The Labute approximate surface area is 137 Å². The van der Waals surface area contributed by atoms with E-state index in [1.54, 1.807) is 11.8 Å². The molecule has 0 radical (unpaired) electrons. The first-order valence-corrected chi connectivity index (χ1v) is 8.13. The summed E-state index contributed by atoms with van der Waals surface area (Å²) in [6.45, 7) is 6.39. The van der Waals surface area contributed by atoms with E-state index in [1.165, 1.54) is 0 Å². The standard InChI is InChI=1S/C15H25ClN4O2/c1-4-13-12(15(16)18(2)17-13)10-19-6-5-7-20(9-8-19)14(21)11-22-3/h4-11H2,1-3H3. The van der Waals surface area contributed by atoms with Crippen molar-refractivity contribution in [3.05, 3.63) is 16.4 Å². The van der Waals surface area contributed by atoms with Crippen molar-refractivity contribution in [1.29, 1.82) is 0 Å². The second-order valence-corrected chi connectivity index (χ2v) is 5.99.